The van der Waals surface area contributed by atoms with E-state index in [2.05, 4.69) is 9.97 Å². The molecule has 1 aliphatic heterocycles. The van der Waals surface area contributed by atoms with Gasteiger partial charge < -0.3 is 9.31 Å². The van der Waals surface area contributed by atoms with Crippen LogP contribution >= 0.6 is 11.8 Å². The molecule has 2 aromatic rings. The third-order valence-corrected chi connectivity index (χ3v) is 5.56. The van der Waals surface area contributed by atoms with Gasteiger partial charge in [-0.1, -0.05) is 11.8 Å². The highest BCUT2D eigenvalue weighted by Crippen LogP contribution is 2.39. The number of imidazole rings is 1. The van der Waals surface area contributed by atoms with Gasteiger partial charge in [0.25, 0.3) is 0 Å². The molecular formula is C17H22BN3O3S. The highest BCUT2D eigenvalue weighted by atomic mass is 32.2. The van der Waals surface area contributed by atoms with Crippen molar-refractivity contribution in [1.82, 2.24) is 14.4 Å². The van der Waals surface area contributed by atoms with E-state index in [4.69, 9.17) is 9.31 Å². The highest BCUT2D eigenvalue weighted by molar-refractivity contribution is 8.13. The first-order valence-electron chi connectivity index (χ1n) is 8.16. The lowest BCUT2D eigenvalue weighted by atomic mass is 9.78. The van der Waals surface area contributed by atoms with Crippen LogP contribution in [0.5, 0.6) is 0 Å². The van der Waals surface area contributed by atoms with Crippen LogP contribution in [0.3, 0.4) is 0 Å². The molecule has 132 valence electrons. The Hall–Kier alpha value is -1.64. The van der Waals surface area contributed by atoms with Gasteiger partial charge in [-0.2, -0.15) is 0 Å². The maximum Gasteiger partial charge on any atom is 0.491 e. The normalized spacial score (nSPS) is 19.6. The lowest BCUT2D eigenvalue weighted by Crippen LogP contribution is -2.41. The molecule has 0 saturated carbocycles. The molecule has 0 N–H and O–H groups in total. The molecule has 0 atom stereocenters. The van der Waals surface area contributed by atoms with Crippen LogP contribution in [0.15, 0.2) is 30.3 Å². The third-order valence-electron chi connectivity index (χ3n) is 4.68. The number of thioether (sulfide) groups is 1. The lowest BCUT2D eigenvalue weighted by molar-refractivity contribution is -0.109. The molecule has 1 fully saturated rings. The minimum Gasteiger partial charge on any atom is -0.400 e. The predicted octanol–water partition coefficient (Wildman–Crippen LogP) is 3.02. The van der Waals surface area contributed by atoms with Crippen LogP contribution in [0, 0.1) is 0 Å². The van der Waals surface area contributed by atoms with Crippen LogP contribution in [0.1, 0.15) is 40.3 Å². The number of hydrogen-bond acceptors (Lipinski definition) is 6. The van der Waals surface area contributed by atoms with Gasteiger partial charge in [0.1, 0.15) is 0 Å². The van der Waals surface area contributed by atoms with Crippen LogP contribution in [0.25, 0.3) is 11.7 Å². The van der Waals surface area contributed by atoms with Gasteiger partial charge in [-0.25, -0.2) is 4.98 Å². The largest absolute Gasteiger partial charge is 0.491 e. The molecule has 0 bridgehead atoms. The molecule has 0 aliphatic carbocycles. The van der Waals surface area contributed by atoms with Crippen molar-refractivity contribution in [2.24, 2.45) is 0 Å². The molecule has 25 heavy (non-hydrogen) atoms. The van der Waals surface area contributed by atoms with Crippen molar-refractivity contribution in [1.29, 1.82) is 0 Å². The van der Waals surface area contributed by atoms with Crippen molar-refractivity contribution >= 4 is 35.7 Å². The second-order valence-corrected chi connectivity index (χ2v) is 8.23. The molecular weight excluding hydrogens is 337 g/mol. The Balaban J connectivity index is 1.96. The Morgan fingerprint density at radius 3 is 2.60 bits per heavy atom. The standard InChI is InChI=1S/C17H22BN3O3S/c1-12(22)25-11-13(18-23-16(2,3)17(4,5)24-18)8-14-9-20-15-10-19-6-7-21(14)15/h6-10H,11H2,1-5H3. The number of carbonyl (C=O) groups excluding carboxylic acids is 1. The van der Waals surface area contributed by atoms with Gasteiger partial charge in [0.15, 0.2) is 10.8 Å². The maximum atomic E-state index is 11.5. The minimum atomic E-state index is -0.496. The topological polar surface area (TPSA) is 65.7 Å². The number of nitrogens with zero attached hydrogens (tertiary/aromatic N) is 3. The maximum absolute atomic E-state index is 11.5. The molecule has 1 aliphatic rings. The van der Waals surface area contributed by atoms with E-state index in [1.807, 2.05) is 44.4 Å². The van der Waals surface area contributed by atoms with Gasteiger partial charge >= 0.3 is 7.12 Å². The Morgan fingerprint density at radius 1 is 1.28 bits per heavy atom. The van der Waals surface area contributed by atoms with E-state index in [0.29, 0.717) is 5.75 Å². The Morgan fingerprint density at radius 2 is 1.96 bits per heavy atom. The number of hydrogen-bond donors (Lipinski definition) is 0. The molecule has 0 amide bonds. The monoisotopic (exact) mass is 359 g/mol. The van der Waals surface area contributed by atoms with Crippen LogP contribution in [0.2, 0.25) is 0 Å². The summed E-state index contributed by atoms with van der Waals surface area (Å²) in [5, 5.41) is 0.0600. The van der Waals surface area contributed by atoms with Gasteiger partial charge in [0.2, 0.25) is 0 Å². The summed E-state index contributed by atoms with van der Waals surface area (Å²) in [6.45, 7) is 9.63. The molecule has 0 spiro atoms. The van der Waals surface area contributed by atoms with Gasteiger partial charge in [-0.3, -0.25) is 14.2 Å². The molecule has 8 heteroatoms. The fourth-order valence-electron chi connectivity index (χ4n) is 2.52. The van der Waals surface area contributed by atoms with Gasteiger partial charge in [-0.05, 0) is 39.2 Å². The third kappa shape index (κ3) is 3.66. The molecule has 0 aromatic carbocycles. The first-order chi connectivity index (χ1) is 11.7. The Labute approximate surface area is 152 Å². The minimum absolute atomic E-state index is 0.0600. The smallest absolute Gasteiger partial charge is 0.400 e. The Kier molecular flexibility index (Phi) is 4.79. The van der Waals surface area contributed by atoms with E-state index in [1.165, 1.54) is 11.8 Å². The van der Waals surface area contributed by atoms with E-state index in [1.54, 1.807) is 25.5 Å². The average molecular weight is 359 g/mol. The van der Waals surface area contributed by atoms with Crippen molar-refractivity contribution in [2.75, 3.05) is 5.75 Å². The summed E-state index contributed by atoms with van der Waals surface area (Å²) in [6, 6.07) is 0. The first-order valence-corrected chi connectivity index (χ1v) is 9.15. The van der Waals surface area contributed by atoms with Crippen LogP contribution in [0.4, 0.5) is 0 Å². The van der Waals surface area contributed by atoms with E-state index in [0.717, 1.165) is 16.8 Å². The summed E-state index contributed by atoms with van der Waals surface area (Å²) in [4.78, 5) is 19.9. The fourth-order valence-corrected chi connectivity index (χ4v) is 3.11. The number of rotatable bonds is 4. The molecule has 6 nitrogen and oxygen atoms in total. The first kappa shape index (κ1) is 18.2. The van der Waals surface area contributed by atoms with E-state index in [-0.39, 0.29) is 5.12 Å². The number of fused-ring (bicyclic) bond motifs is 1. The van der Waals surface area contributed by atoms with Gasteiger partial charge in [-0.15, -0.1) is 0 Å². The zero-order valence-corrected chi connectivity index (χ0v) is 16.0. The quantitative estimate of drug-likeness (QED) is 0.782. The van der Waals surface area contributed by atoms with E-state index in [9.17, 15) is 4.79 Å². The van der Waals surface area contributed by atoms with E-state index >= 15 is 0 Å². The summed E-state index contributed by atoms with van der Waals surface area (Å²) in [6.07, 6.45) is 9.04. The van der Waals surface area contributed by atoms with Crippen LogP contribution in [-0.2, 0) is 14.1 Å². The molecule has 1 saturated heterocycles. The summed E-state index contributed by atoms with van der Waals surface area (Å²) in [5.74, 6) is 0.504. The van der Waals surface area contributed by atoms with Gasteiger partial charge in [0, 0.05) is 25.1 Å². The second-order valence-electron chi connectivity index (χ2n) is 7.08. The van der Waals surface area contributed by atoms with E-state index < -0.39 is 18.3 Å². The molecule has 0 unspecified atom stereocenters. The average Bonchev–Trinajstić information content (AvgIpc) is 3.02. The zero-order valence-electron chi connectivity index (χ0n) is 15.1. The lowest BCUT2D eigenvalue weighted by Gasteiger charge is -2.32. The zero-order chi connectivity index (χ0) is 18.2. The van der Waals surface area contributed by atoms with Crippen LogP contribution in [-0.4, -0.2) is 43.6 Å². The van der Waals surface area contributed by atoms with Crippen molar-refractivity contribution < 1.29 is 14.1 Å². The predicted molar refractivity (Wildman–Crippen MR) is 100 cm³/mol. The van der Waals surface area contributed by atoms with Crippen molar-refractivity contribution in [3.8, 4) is 0 Å². The molecule has 0 radical (unpaired) electrons. The van der Waals surface area contributed by atoms with Gasteiger partial charge in [0.05, 0.1) is 29.3 Å². The molecule has 3 heterocycles. The summed E-state index contributed by atoms with van der Waals surface area (Å²) >= 11 is 1.24. The SMILES string of the molecule is CC(=O)SCC(=Cc1cnc2cnccn12)B1OC(C)(C)C(C)(C)O1. The fraction of sp³-hybridized carbons (Fsp3) is 0.471. The Bertz CT molecular complexity index is 815. The van der Waals surface area contributed by atoms with Crippen molar-refractivity contribution in [2.45, 2.75) is 45.8 Å². The van der Waals surface area contributed by atoms with Crippen molar-refractivity contribution in [3.05, 3.63) is 36.0 Å². The molecule has 2 aromatic heterocycles. The number of carbonyl (C=O) groups is 1. The summed E-state index contributed by atoms with van der Waals surface area (Å²) < 4.78 is 14.3. The van der Waals surface area contributed by atoms with Crippen molar-refractivity contribution in [3.63, 3.8) is 0 Å². The molecule has 3 rings (SSSR count). The van der Waals surface area contributed by atoms with Crippen LogP contribution < -0.4 is 0 Å². The summed E-state index contributed by atoms with van der Waals surface area (Å²) in [5.41, 5.74) is 1.70. The number of aromatic nitrogens is 3. The second kappa shape index (κ2) is 6.59. The summed E-state index contributed by atoms with van der Waals surface area (Å²) in [7, 11) is -0.496. The highest BCUT2D eigenvalue weighted by Gasteiger charge is 2.52.